The van der Waals surface area contributed by atoms with Crippen LogP contribution in [-0.2, 0) is 4.79 Å². The van der Waals surface area contributed by atoms with Gasteiger partial charge in [0, 0.05) is 43.2 Å². The van der Waals surface area contributed by atoms with Crippen LogP contribution in [0.25, 0.3) is 11.0 Å². The van der Waals surface area contributed by atoms with Crippen molar-refractivity contribution >= 4 is 17.0 Å². The number of carboxylic acid groups (broad SMARTS) is 1. The Balaban J connectivity index is 1.15. The van der Waals surface area contributed by atoms with Crippen molar-refractivity contribution in [2.75, 3.05) is 19.6 Å². The van der Waals surface area contributed by atoms with Gasteiger partial charge in [0.25, 0.3) is 0 Å². The summed E-state index contributed by atoms with van der Waals surface area (Å²) < 4.78 is 2.61. The van der Waals surface area contributed by atoms with E-state index in [1.165, 1.54) is 88.4 Å². The Labute approximate surface area is 215 Å². The van der Waals surface area contributed by atoms with Gasteiger partial charge in [-0.1, -0.05) is 44.2 Å². The number of carbonyl (C=O) groups is 1. The molecule has 1 aromatic carbocycles. The Morgan fingerprint density at radius 1 is 0.833 bits per heavy atom. The van der Waals surface area contributed by atoms with Crippen LogP contribution in [0.3, 0.4) is 0 Å². The van der Waals surface area contributed by atoms with Gasteiger partial charge >= 0.3 is 5.97 Å². The van der Waals surface area contributed by atoms with E-state index in [1.54, 1.807) is 0 Å². The highest BCUT2D eigenvalue weighted by Gasteiger charge is 2.46. The summed E-state index contributed by atoms with van der Waals surface area (Å²) in [6, 6.07) is 11.4. The van der Waals surface area contributed by atoms with Crippen LogP contribution >= 0.6 is 0 Å². The number of aliphatic carboxylic acids is 1. The standard InChI is InChI=1S/C30H42N4O2/c35-29(36)19-32-17-22(18-32)30-31-27-10-3-4-11-28(27)34(30)26-15-23-8-5-9-24(16-26)33(23)25-13-20-6-1-2-7-21(12-20)14-25/h3-4,10-11,20-26H,1-2,5-9,12-19H2,(H,35,36)/t20-,21+,23-,24+,25?,26?. The number of imidazole rings is 1. The maximum Gasteiger partial charge on any atom is 0.317 e. The van der Waals surface area contributed by atoms with Gasteiger partial charge in [-0.2, -0.15) is 0 Å². The second kappa shape index (κ2) is 9.43. The Bertz CT molecular complexity index is 1080. The molecule has 2 saturated carbocycles. The highest BCUT2D eigenvalue weighted by atomic mass is 16.4. The summed E-state index contributed by atoms with van der Waals surface area (Å²) in [6.45, 7) is 1.76. The summed E-state index contributed by atoms with van der Waals surface area (Å²) in [7, 11) is 0. The van der Waals surface area contributed by atoms with Crippen molar-refractivity contribution < 1.29 is 9.90 Å². The zero-order valence-electron chi connectivity index (χ0n) is 21.6. The molecule has 6 nitrogen and oxygen atoms in total. The quantitative estimate of drug-likeness (QED) is 0.605. The molecule has 5 fully saturated rings. The third kappa shape index (κ3) is 4.18. The summed E-state index contributed by atoms with van der Waals surface area (Å²) in [5.74, 6) is 2.77. The van der Waals surface area contributed by atoms with Gasteiger partial charge < -0.3 is 9.67 Å². The van der Waals surface area contributed by atoms with Gasteiger partial charge in [0.2, 0.25) is 0 Å². The third-order valence-electron chi connectivity index (χ3n) is 10.4. The number of hydrogen-bond donors (Lipinski definition) is 1. The Morgan fingerprint density at radius 3 is 2.22 bits per heavy atom. The maximum atomic E-state index is 11.2. The molecule has 0 spiro atoms. The van der Waals surface area contributed by atoms with Gasteiger partial charge in [0.05, 0.1) is 17.6 Å². The first-order chi connectivity index (χ1) is 17.6. The normalized spacial score (nSPS) is 35.9. The van der Waals surface area contributed by atoms with E-state index in [4.69, 9.17) is 4.98 Å². The lowest BCUT2D eigenvalue weighted by molar-refractivity contribution is -0.139. The molecule has 2 unspecified atom stereocenters. The van der Waals surface area contributed by atoms with Crippen molar-refractivity contribution in [3.8, 4) is 0 Å². The molecule has 0 amide bonds. The molecule has 0 radical (unpaired) electrons. The van der Waals surface area contributed by atoms with Gasteiger partial charge in [-0.15, -0.1) is 0 Å². The van der Waals surface area contributed by atoms with Crippen LogP contribution in [0, 0.1) is 11.8 Å². The molecule has 3 saturated heterocycles. The summed E-state index contributed by atoms with van der Waals surface area (Å²) in [6.07, 6.45) is 16.9. The number of piperidine rings is 2. The number of rotatable bonds is 5. The summed E-state index contributed by atoms with van der Waals surface area (Å²) in [5.41, 5.74) is 2.39. The van der Waals surface area contributed by atoms with Crippen molar-refractivity contribution in [2.24, 2.45) is 11.8 Å². The predicted octanol–water partition coefficient (Wildman–Crippen LogP) is 5.44. The number of fused-ring (bicyclic) bond motifs is 5. The predicted molar refractivity (Wildman–Crippen MR) is 141 cm³/mol. The molecule has 4 heterocycles. The first-order valence-electron chi connectivity index (χ1n) is 14.8. The molecule has 6 heteroatoms. The molecule has 36 heavy (non-hydrogen) atoms. The van der Waals surface area contributed by atoms with Gasteiger partial charge in [0.1, 0.15) is 5.82 Å². The SMILES string of the molecule is O=C(O)CN1CC(c2nc3ccccc3n2C2C[C@H]3CCC[C@@H](C2)N3C2C[C@H]3CCCC[C@@H](C2)C3)C1. The second-order valence-corrected chi connectivity index (χ2v) is 12.8. The third-order valence-corrected chi connectivity index (χ3v) is 10.4. The summed E-state index contributed by atoms with van der Waals surface area (Å²) >= 11 is 0. The van der Waals surface area contributed by atoms with E-state index in [9.17, 15) is 9.90 Å². The second-order valence-electron chi connectivity index (χ2n) is 12.8. The van der Waals surface area contributed by atoms with Crippen LogP contribution in [0.2, 0.25) is 0 Å². The molecule has 7 rings (SSSR count). The minimum absolute atomic E-state index is 0.142. The van der Waals surface area contributed by atoms with E-state index in [0.717, 1.165) is 36.5 Å². The average Bonchev–Trinajstić information content (AvgIpc) is 3.12. The Kier molecular flexibility index (Phi) is 6.08. The molecular weight excluding hydrogens is 448 g/mol. The number of carboxylic acids is 1. The van der Waals surface area contributed by atoms with Crippen LogP contribution < -0.4 is 0 Å². The lowest BCUT2D eigenvalue weighted by atomic mass is 9.73. The van der Waals surface area contributed by atoms with Gasteiger partial charge in [-0.3, -0.25) is 14.6 Å². The van der Waals surface area contributed by atoms with Crippen LogP contribution in [0.5, 0.6) is 0 Å². The number of nitrogens with zero attached hydrogens (tertiary/aromatic N) is 4. The fourth-order valence-electron chi connectivity index (χ4n) is 9.09. The lowest BCUT2D eigenvalue weighted by Gasteiger charge is -2.55. The van der Waals surface area contributed by atoms with E-state index >= 15 is 0 Å². The molecular formula is C30H42N4O2. The number of likely N-dealkylation sites (tertiary alicyclic amines) is 1. The van der Waals surface area contributed by atoms with E-state index in [0.29, 0.717) is 24.0 Å². The van der Waals surface area contributed by atoms with Crippen molar-refractivity contribution in [1.82, 2.24) is 19.4 Å². The Hall–Kier alpha value is -1.92. The molecule has 5 aliphatic rings. The fourth-order valence-corrected chi connectivity index (χ4v) is 9.09. The molecule has 1 aromatic heterocycles. The summed E-state index contributed by atoms with van der Waals surface area (Å²) in [5, 5.41) is 9.20. The highest BCUT2D eigenvalue weighted by molar-refractivity contribution is 5.76. The van der Waals surface area contributed by atoms with Gasteiger partial charge in [-0.05, 0) is 68.9 Å². The topological polar surface area (TPSA) is 61.6 Å². The smallest absolute Gasteiger partial charge is 0.317 e. The number of para-hydroxylation sites is 2. The maximum absolute atomic E-state index is 11.2. The zero-order chi connectivity index (χ0) is 24.2. The number of aromatic nitrogens is 2. The van der Waals surface area contributed by atoms with Crippen LogP contribution in [0.15, 0.2) is 24.3 Å². The Morgan fingerprint density at radius 2 is 1.53 bits per heavy atom. The molecule has 6 atom stereocenters. The number of hydrogen-bond acceptors (Lipinski definition) is 4. The molecule has 1 N–H and O–H groups in total. The zero-order valence-corrected chi connectivity index (χ0v) is 21.6. The highest BCUT2D eigenvalue weighted by Crippen LogP contribution is 2.48. The minimum atomic E-state index is -0.732. The molecule has 194 valence electrons. The number of benzene rings is 1. The van der Waals surface area contributed by atoms with Crippen molar-refractivity contribution in [1.29, 1.82) is 0 Å². The fraction of sp³-hybridized carbons (Fsp3) is 0.733. The van der Waals surface area contributed by atoms with Gasteiger partial charge in [-0.25, -0.2) is 4.98 Å². The molecule has 2 aliphatic carbocycles. The summed E-state index contributed by atoms with van der Waals surface area (Å²) in [4.78, 5) is 21.4. The molecule has 2 aromatic rings. The van der Waals surface area contributed by atoms with E-state index < -0.39 is 5.97 Å². The largest absolute Gasteiger partial charge is 0.480 e. The monoisotopic (exact) mass is 490 g/mol. The molecule has 3 aliphatic heterocycles. The average molecular weight is 491 g/mol. The van der Waals surface area contributed by atoms with E-state index in [-0.39, 0.29) is 6.54 Å². The minimum Gasteiger partial charge on any atom is -0.480 e. The van der Waals surface area contributed by atoms with Crippen molar-refractivity contribution in [2.45, 2.75) is 107 Å². The van der Waals surface area contributed by atoms with Crippen LogP contribution in [-0.4, -0.2) is 68.2 Å². The van der Waals surface area contributed by atoms with Crippen LogP contribution in [0.1, 0.15) is 94.8 Å². The van der Waals surface area contributed by atoms with Crippen LogP contribution in [0.4, 0.5) is 0 Å². The van der Waals surface area contributed by atoms with Crippen molar-refractivity contribution in [3.05, 3.63) is 30.1 Å². The molecule has 4 bridgehead atoms. The van der Waals surface area contributed by atoms with Gasteiger partial charge in [0.15, 0.2) is 0 Å². The van der Waals surface area contributed by atoms with E-state index in [1.807, 2.05) is 4.90 Å². The first kappa shape index (κ1) is 23.2. The lowest BCUT2D eigenvalue weighted by Crippen LogP contribution is -2.58. The van der Waals surface area contributed by atoms with E-state index in [2.05, 4.69) is 33.7 Å². The first-order valence-corrected chi connectivity index (χ1v) is 14.8. The van der Waals surface area contributed by atoms with Crippen molar-refractivity contribution in [3.63, 3.8) is 0 Å².